The summed E-state index contributed by atoms with van der Waals surface area (Å²) in [5.74, 6) is -0.0922. The number of hydrogen-bond acceptors (Lipinski definition) is 4. The van der Waals surface area contributed by atoms with E-state index < -0.39 is 0 Å². The maximum Gasteiger partial charge on any atom is 0.239 e. The normalized spacial score (nSPS) is 18.3. The van der Waals surface area contributed by atoms with Gasteiger partial charge in [0.2, 0.25) is 11.7 Å². The lowest BCUT2D eigenvalue weighted by Crippen LogP contribution is -2.51. The first-order valence-corrected chi connectivity index (χ1v) is 12.6. The Morgan fingerprint density at radius 1 is 0.970 bits per heavy atom. The predicted molar refractivity (Wildman–Crippen MR) is 132 cm³/mol. The Labute approximate surface area is 197 Å². The molecule has 0 bridgehead atoms. The topological polar surface area (TPSA) is 57.6 Å². The van der Waals surface area contributed by atoms with Gasteiger partial charge >= 0.3 is 0 Å². The van der Waals surface area contributed by atoms with Crippen LogP contribution in [0, 0.1) is 6.92 Å². The molecule has 0 spiro atoms. The van der Waals surface area contributed by atoms with E-state index in [0.717, 1.165) is 37.7 Å². The maximum atomic E-state index is 12.9. The summed E-state index contributed by atoms with van der Waals surface area (Å²) in [5.41, 5.74) is 2.18. The molecule has 1 aromatic carbocycles. The second-order valence-electron chi connectivity index (χ2n) is 9.54. The number of carbonyl (C=O) groups excluding carboxylic acids is 2. The SMILES string of the molecule is Cc1ccccc1C(=O)c1cccn1CC(=O)NCCCN1CCN(C2CCCCC2)CC1. The molecular formula is C27H38N4O2. The number of rotatable bonds is 9. The largest absolute Gasteiger partial charge is 0.355 e. The van der Waals surface area contributed by atoms with E-state index in [0.29, 0.717) is 17.8 Å². The third-order valence-corrected chi connectivity index (χ3v) is 7.24. The maximum absolute atomic E-state index is 12.9. The zero-order valence-electron chi connectivity index (χ0n) is 20.0. The lowest BCUT2D eigenvalue weighted by Gasteiger charge is -2.40. The second-order valence-corrected chi connectivity index (χ2v) is 9.54. The van der Waals surface area contributed by atoms with Gasteiger partial charge in [-0.25, -0.2) is 0 Å². The molecule has 6 heteroatoms. The fourth-order valence-corrected chi connectivity index (χ4v) is 5.26. The lowest BCUT2D eigenvalue weighted by atomic mass is 9.94. The fraction of sp³-hybridized carbons (Fsp3) is 0.556. The van der Waals surface area contributed by atoms with Crippen LogP contribution in [0.4, 0.5) is 0 Å². The van der Waals surface area contributed by atoms with Gasteiger partial charge in [-0.2, -0.15) is 0 Å². The van der Waals surface area contributed by atoms with Gasteiger partial charge in [-0.15, -0.1) is 0 Å². The minimum absolute atomic E-state index is 0.0433. The summed E-state index contributed by atoms with van der Waals surface area (Å²) < 4.78 is 1.74. The van der Waals surface area contributed by atoms with Crippen LogP contribution >= 0.6 is 0 Å². The molecule has 178 valence electrons. The van der Waals surface area contributed by atoms with Gasteiger partial charge in [0.1, 0.15) is 6.54 Å². The minimum Gasteiger partial charge on any atom is -0.355 e. The molecular weight excluding hydrogens is 412 g/mol. The van der Waals surface area contributed by atoms with Crippen LogP contribution in [-0.2, 0) is 11.3 Å². The van der Waals surface area contributed by atoms with Gasteiger partial charge in [0.15, 0.2) is 0 Å². The summed E-state index contributed by atoms with van der Waals surface area (Å²) in [5, 5.41) is 3.03. The highest BCUT2D eigenvalue weighted by molar-refractivity contribution is 6.09. The molecule has 33 heavy (non-hydrogen) atoms. The third kappa shape index (κ3) is 6.33. The van der Waals surface area contributed by atoms with Crippen LogP contribution in [0.15, 0.2) is 42.6 Å². The zero-order valence-corrected chi connectivity index (χ0v) is 20.0. The first-order valence-electron chi connectivity index (χ1n) is 12.6. The standard InChI is InChI=1S/C27H38N4O2/c1-22-9-5-6-12-24(22)27(33)25-13-7-16-31(25)21-26(32)28-14-8-15-29-17-19-30(20-18-29)23-10-3-2-4-11-23/h5-7,9,12-13,16,23H,2-4,8,10-11,14-15,17-21H2,1H3,(H,28,32). The number of benzene rings is 1. The average Bonchev–Trinajstić information content (AvgIpc) is 3.30. The fourth-order valence-electron chi connectivity index (χ4n) is 5.26. The second kappa shape index (κ2) is 11.6. The van der Waals surface area contributed by atoms with Crippen molar-refractivity contribution in [1.82, 2.24) is 19.7 Å². The first-order chi connectivity index (χ1) is 16.1. The molecule has 1 amide bonds. The van der Waals surface area contributed by atoms with E-state index in [9.17, 15) is 9.59 Å². The molecule has 1 aliphatic carbocycles. The predicted octanol–water partition coefficient (Wildman–Crippen LogP) is 3.48. The monoisotopic (exact) mass is 450 g/mol. The summed E-state index contributed by atoms with van der Waals surface area (Å²) in [7, 11) is 0. The number of aryl methyl sites for hydroxylation is 1. The van der Waals surface area contributed by atoms with Crippen LogP contribution < -0.4 is 5.32 Å². The molecule has 6 nitrogen and oxygen atoms in total. The summed E-state index contributed by atoms with van der Waals surface area (Å²) in [6, 6.07) is 12.0. The minimum atomic E-state index is -0.0489. The Morgan fingerprint density at radius 3 is 2.48 bits per heavy atom. The van der Waals surface area contributed by atoms with Crippen molar-refractivity contribution in [3.63, 3.8) is 0 Å². The Hall–Kier alpha value is -2.44. The van der Waals surface area contributed by atoms with Crippen molar-refractivity contribution in [2.45, 2.75) is 58.0 Å². The number of ketones is 1. The van der Waals surface area contributed by atoms with Crippen molar-refractivity contribution in [2.75, 3.05) is 39.3 Å². The Bertz CT molecular complexity index is 924. The third-order valence-electron chi connectivity index (χ3n) is 7.24. The molecule has 2 fully saturated rings. The number of nitrogens with zero attached hydrogens (tertiary/aromatic N) is 3. The summed E-state index contributed by atoms with van der Waals surface area (Å²) in [4.78, 5) is 30.6. The van der Waals surface area contributed by atoms with Crippen LogP contribution in [0.25, 0.3) is 0 Å². The number of piperazine rings is 1. The zero-order chi connectivity index (χ0) is 23.0. The van der Waals surface area contributed by atoms with Crippen LogP contribution in [0.3, 0.4) is 0 Å². The number of amides is 1. The van der Waals surface area contributed by atoms with Crippen molar-refractivity contribution in [3.05, 3.63) is 59.4 Å². The van der Waals surface area contributed by atoms with E-state index >= 15 is 0 Å². The van der Waals surface area contributed by atoms with Crippen molar-refractivity contribution < 1.29 is 9.59 Å². The summed E-state index contributed by atoms with van der Waals surface area (Å²) >= 11 is 0. The first kappa shape index (κ1) is 23.7. The highest BCUT2D eigenvalue weighted by atomic mass is 16.2. The molecule has 1 aliphatic heterocycles. The molecule has 0 unspecified atom stereocenters. The molecule has 1 saturated heterocycles. The van der Waals surface area contributed by atoms with Crippen molar-refractivity contribution >= 4 is 11.7 Å². The van der Waals surface area contributed by atoms with Crippen LogP contribution in [0.2, 0.25) is 0 Å². The molecule has 2 heterocycles. The van der Waals surface area contributed by atoms with Gasteiger partial charge < -0.3 is 14.8 Å². The smallest absolute Gasteiger partial charge is 0.239 e. The molecule has 1 saturated carbocycles. The van der Waals surface area contributed by atoms with Gasteiger partial charge in [-0.3, -0.25) is 14.5 Å². The molecule has 4 rings (SSSR count). The quantitative estimate of drug-likeness (QED) is 0.469. The van der Waals surface area contributed by atoms with E-state index in [1.54, 1.807) is 16.8 Å². The molecule has 1 N–H and O–H groups in total. The highest BCUT2D eigenvalue weighted by Gasteiger charge is 2.24. The van der Waals surface area contributed by atoms with Gasteiger partial charge in [0, 0.05) is 50.5 Å². The van der Waals surface area contributed by atoms with Crippen LogP contribution in [0.5, 0.6) is 0 Å². The van der Waals surface area contributed by atoms with Crippen molar-refractivity contribution in [1.29, 1.82) is 0 Å². The molecule has 2 aromatic rings. The number of carbonyl (C=O) groups is 2. The molecule has 1 aromatic heterocycles. The van der Waals surface area contributed by atoms with Gasteiger partial charge in [0.05, 0.1) is 5.69 Å². The van der Waals surface area contributed by atoms with Crippen molar-refractivity contribution in [2.24, 2.45) is 0 Å². The molecule has 2 aliphatic rings. The van der Waals surface area contributed by atoms with E-state index in [2.05, 4.69) is 15.1 Å². The Morgan fingerprint density at radius 2 is 1.73 bits per heavy atom. The molecule has 0 radical (unpaired) electrons. The highest BCUT2D eigenvalue weighted by Crippen LogP contribution is 2.23. The van der Waals surface area contributed by atoms with Crippen LogP contribution in [0.1, 0.15) is 60.1 Å². The summed E-state index contributed by atoms with van der Waals surface area (Å²) in [6.45, 7) is 8.44. The summed E-state index contributed by atoms with van der Waals surface area (Å²) in [6.07, 6.45) is 9.73. The van der Waals surface area contributed by atoms with Gasteiger partial charge in [-0.05, 0) is 50.4 Å². The van der Waals surface area contributed by atoms with E-state index in [1.807, 2.05) is 37.3 Å². The van der Waals surface area contributed by atoms with E-state index in [-0.39, 0.29) is 18.2 Å². The Kier molecular flexibility index (Phi) is 8.35. The average molecular weight is 451 g/mol. The number of aromatic nitrogens is 1. The number of nitrogens with one attached hydrogen (secondary N) is 1. The van der Waals surface area contributed by atoms with Crippen molar-refractivity contribution in [3.8, 4) is 0 Å². The molecule has 0 atom stereocenters. The van der Waals surface area contributed by atoms with E-state index in [4.69, 9.17) is 0 Å². The van der Waals surface area contributed by atoms with E-state index in [1.165, 1.54) is 45.2 Å². The van der Waals surface area contributed by atoms with Gasteiger partial charge in [0.25, 0.3) is 0 Å². The number of hydrogen-bond donors (Lipinski definition) is 1. The van der Waals surface area contributed by atoms with Gasteiger partial charge in [-0.1, -0.05) is 43.5 Å². The van der Waals surface area contributed by atoms with Crippen LogP contribution in [-0.4, -0.2) is 71.4 Å². The Balaban J connectivity index is 1.16. The lowest BCUT2D eigenvalue weighted by molar-refractivity contribution is -0.121.